The molecule has 0 aliphatic carbocycles. The number of rotatable bonds is 18. The number of hydrogen-bond acceptors (Lipinski definition) is 3. The average Bonchev–Trinajstić information content (AvgIpc) is 3.78. The highest BCUT2D eigenvalue weighted by Gasteiger charge is 2.28. The Morgan fingerprint density at radius 3 is 1.28 bits per heavy atom. The topological polar surface area (TPSA) is 138 Å². The van der Waals surface area contributed by atoms with E-state index in [4.69, 9.17) is 0 Å². The van der Waals surface area contributed by atoms with Crippen molar-refractivity contribution in [2.75, 3.05) is 0 Å². The smallest absolute Gasteiger partial charge is 0.335 e. The summed E-state index contributed by atoms with van der Waals surface area (Å²) in [7, 11) is 0. The Morgan fingerprint density at radius 1 is 0.556 bits per heavy atom. The minimum absolute atomic E-state index is 0.226. The van der Waals surface area contributed by atoms with Gasteiger partial charge in [0.15, 0.2) is 0 Å². The Labute approximate surface area is 314 Å². The second kappa shape index (κ2) is 15.9. The molecule has 10 heteroatoms. The van der Waals surface area contributed by atoms with Gasteiger partial charge in [-0.3, -0.25) is 0 Å². The third kappa shape index (κ3) is 6.42. The van der Waals surface area contributed by atoms with Gasteiger partial charge in [0.2, 0.25) is 0 Å². The predicted octanol–water partition coefficient (Wildman–Crippen LogP) is 13.1. The summed E-state index contributed by atoms with van der Waals surface area (Å²) in [6.07, 6.45) is 12.9. The van der Waals surface area contributed by atoms with Crippen LogP contribution in [0.4, 0.5) is 5.69 Å². The summed E-state index contributed by atoms with van der Waals surface area (Å²) in [6, 6.07) is 16.9. The van der Waals surface area contributed by atoms with Crippen LogP contribution in [0.2, 0.25) is 0 Å². The number of fused-ring (bicyclic) bond motifs is 12. The molecule has 0 aliphatic heterocycles. The lowest BCUT2D eigenvalue weighted by molar-refractivity contribution is 0.0686. The molecule has 54 heavy (non-hydrogen) atoms. The molecule has 0 saturated heterocycles. The molecule has 0 aliphatic rings. The van der Waals surface area contributed by atoms with Crippen LogP contribution >= 0.6 is 0 Å². The lowest BCUT2D eigenvalue weighted by Crippen LogP contribution is -2.02. The Bertz CT molecular complexity index is 2310. The maximum Gasteiger partial charge on any atom is 0.335 e. The fourth-order valence-electron chi connectivity index (χ4n) is 8.72. The van der Waals surface area contributed by atoms with Crippen LogP contribution in [0, 0.1) is 0 Å². The van der Waals surface area contributed by atoms with Crippen LogP contribution in [0.3, 0.4) is 0 Å². The van der Waals surface area contributed by atoms with Gasteiger partial charge in [-0.25, -0.2) is 9.59 Å². The van der Waals surface area contributed by atoms with Crippen LogP contribution in [-0.4, -0.2) is 35.9 Å². The monoisotopic (exact) mass is 726 g/mol. The van der Waals surface area contributed by atoms with Crippen molar-refractivity contribution in [3.63, 3.8) is 0 Å². The van der Waals surface area contributed by atoms with Gasteiger partial charge in [-0.1, -0.05) is 89.7 Å². The molecule has 3 heterocycles. The second-order valence-corrected chi connectivity index (χ2v) is 14.8. The summed E-state index contributed by atoms with van der Waals surface area (Å²) >= 11 is 0. The number of benzene rings is 4. The van der Waals surface area contributed by atoms with Crippen molar-refractivity contribution in [1.82, 2.24) is 13.7 Å². The summed E-state index contributed by atoms with van der Waals surface area (Å²) in [6.45, 7) is 8.89. The number of nitrogens with zero attached hydrogens (tertiary/aromatic N) is 6. The number of carboxylic acid groups (broad SMARTS) is 2. The highest BCUT2D eigenvalue weighted by atomic mass is 16.4. The summed E-state index contributed by atoms with van der Waals surface area (Å²) in [5.41, 5.74) is 16.5. The molecule has 0 amide bonds. The summed E-state index contributed by atoms with van der Waals surface area (Å²) in [5.74, 6) is -1.96. The molecule has 7 aromatic rings. The third-order valence-electron chi connectivity index (χ3n) is 11.2. The maximum atomic E-state index is 12.5. The summed E-state index contributed by atoms with van der Waals surface area (Å²) in [4.78, 5) is 28.2. The molecule has 3 aromatic heterocycles. The van der Waals surface area contributed by atoms with Gasteiger partial charge in [0.05, 0.1) is 27.7 Å². The van der Waals surface area contributed by atoms with E-state index in [0.29, 0.717) is 5.69 Å². The molecule has 0 atom stereocenters. The molecule has 0 saturated carbocycles. The molecular weight excluding hydrogens is 677 g/mol. The molecule has 0 fully saturated rings. The molecule has 0 spiro atoms. The lowest BCUT2D eigenvalue weighted by Gasteiger charge is -2.13. The van der Waals surface area contributed by atoms with Gasteiger partial charge in [-0.2, -0.15) is 0 Å². The largest absolute Gasteiger partial charge is 0.478 e. The third-order valence-corrected chi connectivity index (χ3v) is 11.2. The van der Waals surface area contributed by atoms with Crippen LogP contribution in [0.5, 0.6) is 0 Å². The van der Waals surface area contributed by atoms with E-state index in [-0.39, 0.29) is 11.1 Å². The van der Waals surface area contributed by atoms with Gasteiger partial charge >= 0.3 is 11.9 Å². The predicted molar refractivity (Wildman–Crippen MR) is 221 cm³/mol. The SMILES string of the molecule is CCCCCCn1c2ccc(N=[N+]=[N-])cc2c2c1c1c3cc(C(=O)O)ccc3n(CCCCCC)c1c1c3cc(C(=O)O)ccc3n(CCCCCC)c21. The number of unbranched alkanes of at least 4 members (excludes halogenated alkanes) is 9. The first-order valence-electron chi connectivity index (χ1n) is 19.9. The minimum atomic E-state index is -0.980. The van der Waals surface area contributed by atoms with E-state index in [9.17, 15) is 25.3 Å². The van der Waals surface area contributed by atoms with Crippen molar-refractivity contribution in [3.8, 4) is 0 Å². The first-order valence-corrected chi connectivity index (χ1v) is 19.9. The van der Waals surface area contributed by atoms with Crippen molar-refractivity contribution >= 4 is 83.0 Å². The van der Waals surface area contributed by atoms with E-state index in [1.165, 1.54) is 0 Å². The van der Waals surface area contributed by atoms with Crippen molar-refractivity contribution in [2.45, 2.75) is 117 Å². The number of carbonyl (C=O) groups is 2. The Kier molecular flexibility index (Phi) is 10.8. The average molecular weight is 727 g/mol. The van der Waals surface area contributed by atoms with Crippen molar-refractivity contribution in [2.24, 2.45) is 5.11 Å². The van der Waals surface area contributed by atoms with E-state index >= 15 is 0 Å². The fourth-order valence-corrected chi connectivity index (χ4v) is 8.72. The maximum absolute atomic E-state index is 12.5. The molecule has 10 nitrogen and oxygen atoms in total. The molecule has 0 unspecified atom stereocenters. The first kappa shape index (κ1) is 36.9. The van der Waals surface area contributed by atoms with Crippen LogP contribution < -0.4 is 0 Å². The summed E-state index contributed by atoms with van der Waals surface area (Å²) < 4.78 is 7.20. The summed E-state index contributed by atoms with van der Waals surface area (Å²) in [5, 5.41) is 30.2. The fraction of sp³-hybridized carbons (Fsp3) is 0.409. The van der Waals surface area contributed by atoms with Crippen molar-refractivity contribution < 1.29 is 19.8 Å². The van der Waals surface area contributed by atoms with E-state index < -0.39 is 11.9 Å². The quantitative estimate of drug-likeness (QED) is 0.0393. The molecule has 4 aromatic carbocycles. The van der Waals surface area contributed by atoms with Gasteiger partial charge in [-0.05, 0) is 73.3 Å². The molecule has 7 rings (SSSR count). The van der Waals surface area contributed by atoms with Crippen molar-refractivity contribution in [1.29, 1.82) is 0 Å². The number of aromatic nitrogens is 3. The number of carboxylic acids is 2. The number of azide groups is 1. The van der Waals surface area contributed by atoms with Crippen LogP contribution in [0.15, 0.2) is 59.7 Å². The van der Waals surface area contributed by atoms with Gasteiger partial charge < -0.3 is 23.9 Å². The van der Waals surface area contributed by atoms with E-state index in [2.05, 4.69) is 50.6 Å². The minimum Gasteiger partial charge on any atom is -0.478 e. The van der Waals surface area contributed by atoms with Crippen molar-refractivity contribution in [3.05, 3.63) is 76.2 Å². The Hall–Kier alpha value is -5.47. The zero-order chi connectivity index (χ0) is 37.9. The zero-order valence-electron chi connectivity index (χ0n) is 31.7. The second-order valence-electron chi connectivity index (χ2n) is 14.8. The zero-order valence-corrected chi connectivity index (χ0v) is 31.7. The van der Waals surface area contributed by atoms with E-state index in [1.807, 2.05) is 36.4 Å². The number of hydrogen-bond donors (Lipinski definition) is 2. The molecule has 0 bridgehead atoms. The number of aryl methyl sites for hydroxylation is 3. The normalized spacial score (nSPS) is 11.9. The van der Waals surface area contributed by atoms with E-state index in [0.717, 1.165) is 162 Å². The van der Waals surface area contributed by atoms with E-state index in [1.54, 1.807) is 12.1 Å². The first-order chi connectivity index (χ1) is 26.3. The Morgan fingerprint density at radius 2 is 0.926 bits per heavy atom. The number of aromatic carboxylic acids is 2. The Balaban J connectivity index is 1.76. The van der Waals surface area contributed by atoms with Crippen LogP contribution in [0.1, 0.15) is 119 Å². The molecule has 0 radical (unpaired) electrons. The van der Waals surface area contributed by atoms with Gasteiger partial charge in [0, 0.05) is 79.1 Å². The lowest BCUT2D eigenvalue weighted by atomic mass is 10.0. The standard InChI is InChI=1S/C44H50N6O4/c1-4-7-10-13-22-48-34-19-16-28(43(51)52)25-31(34)38-40(48)37-32-26-29(44(53)54)17-20-35(32)49(23-14-11-8-5-2)41(37)39-33-27-30(46-47-45)18-21-36(33)50(42(38)39)24-15-12-9-6-3/h16-21,25-27H,4-15,22-24H2,1-3H3,(H,51,52)(H,53,54). The highest BCUT2D eigenvalue weighted by Crippen LogP contribution is 2.49. The molecule has 280 valence electrons. The van der Waals surface area contributed by atoms with Gasteiger partial charge in [0.25, 0.3) is 0 Å². The van der Waals surface area contributed by atoms with Crippen LogP contribution in [0.25, 0.3) is 75.9 Å². The highest BCUT2D eigenvalue weighted by molar-refractivity contribution is 6.39. The molecule has 2 N–H and O–H groups in total. The van der Waals surface area contributed by atoms with Crippen LogP contribution in [-0.2, 0) is 19.6 Å². The van der Waals surface area contributed by atoms with Gasteiger partial charge in [-0.15, -0.1) is 0 Å². The van der Waals surface area contributed by atoms with Gasteiger partial charge in [0.1, 0.15) is 0 Å². The molecular formula is C44H50N6O4.